The van der Waals surface area contributed by atoms with Gasteiger partial charge in [0.25, 0.3) is 0 Å². The van der Waals surface area contributed by atoms with Gasteiger partial charge in [-0.2, -0.15) is 0 Å². The van der Waals surface area contributed by atoms with E-state index in [2.05, 4.69) is 11.8 Å². The highest BCUT2D eigenvalue weighted by Crippen LogP contribution is 2.33. The Morgan fingerprint density at radius 3 is 2.75 bits per heavy atom. The quantitative estimate of drug-likeness (QED) is 0.884. The summed E-state index contributed by atoms with van der Waals surface area (Å²) in [5, 5.41) is 1.20. The molecule has 0 radical (unpaired) electrons. The first kappa shape index (κ1) is 12.2. The standard InChI is InChI=1S/C12H16Cl2N2/c1-2-16-6-5-11(15)12(16)8-3-4-9(13)10(14)7-8/h3-4,7,11-12H,2,5-6,15H2,1H3. The maximum absolute atomic E-state index is 6.15. The maximum atomic E-state index is 6.15. The molecule has 1 fully saturated rings. The molecule has 1 aliphatic rings. The van der Waals surface area contributed by atoms with E-state index in [0.29, 0.717) is 10.0 Å². The number of nitrogens with two attached hydrogens (primary N) is 1. The second-order valence-corrected chi connectivity index (χ2v) is 5.01. The van der Waals surface area contributed by atoms with Crippen molar-refractivity contribution in [1.82, 2.24) is 4.90 Å². The van der Waals surface area contributed by atoms with Gasteiger partial charge in [-0.05, 0) is 30.7 Å². The highest BCUT2D eigenvalue weighted by atomic mass is 35.5. The van der Waals surface area contributed by atoms with Crippen LogP contribution >= 0.6 is 23.2 Å². The normalized spacial score (nSPS) is 26.2. The summed E-state index contributed by atoms with van der Waals surface area (Å²) in [4.78, 5) is 2.38. The number of likely N-dealkylation sites (N-methyl/N-ethyl adjacent to an activating group) is 1. The van der Waals surface area contributed by atoms with E-state index in [1.807, 2.05) is 18.2 Å². The molecule has 1 saturated heterocycles. The van der Waals surface area contributed by atoms with Gasteiger partial charge >= 0.3 is 0 Å². The third-order valence-electron chi connectivity index (χ3n) is 3.24. The zero-order valence-electron chi connectivity index (χ0n) is 9.29. The molecule has 2 N–H and O–H groups in total. The van der Waals surface area contributed by atoms with Crippen molar-refractivity contribution in [2.45, 2.75) is 25.4 Å². The second-order valence-electron chi connectivity index (χ2n) is 4.20. The number of rotatable bonds is 2. The molecule has 1 aliphatic heterocycles. The molecule has 1 aromatic carbocycles. The third-order valence-corrected chi connectivity index (χ3v) is 3.98. The van der Waals surface area contributed by atoms with E-state index < -0.39 is 0 Å². The predicted octanol–water partition coefficient (Wildman–Crippen LogP) is 3.09. The topological polar surface area (TPSA) is 29.3 Å². The van der Waals surface area contributed by atoms with Crippen molar-refractivity contribution < 1.29 is 0 Å². The van der Waals surface area contributed by atoms with Gasteiger partial charge in [-0.3, -0.25) is 4.90 Å². The van der Waals surface area contributed by atoms with Crippen molar-refractivity contribution in [3.8, 4) is 0 Å². The molecule has 1 heterocycles. The van der Waals surface area contributed by atoms with Crippen LogP contribution in [0.3, 0.4) is 0 Å². The van der Waals surface area contributed by atoms with E-state index in [4.69, 9.17) is 28.9 Å². The molecule has 0 saturated carbocycles. The average molecular weight is 259 g/mol. The Morgan fingerprint density at radius 1 is 1.38 bits per heavy atom. The summed E-state index contributed by atoms with van der Waals surface area (Å²) in [7, 11) is 0. The average Bonchev–Trinajstić information content (AvgIpc) is 2.64. The SMILES string of the molecule is CCN1CCC(N)C1c1ccc(Cl)c(Cl)c1. The smallest absolute Gasteiger partial charge is 0.0595 e. The van der Waals surface area contributed by atoms with Crippen LogP contribution in [0.15, 0.2) is 18.2 Å². The fraction of sp³-hybridized carbons (Fsp3) is 0.500. The van der Waals surface area contributed by atoms with Crippen molar-refractivity contribution in [3.63, 3.8) is 0 Å². The summed E-state index contributed by atoms with van der Waals surface area (Å²) in [6.07, 6.45) is 1.04. The van der Waals surface area contributed by atoms with Crippen molar-refractivity contribution in [3.05, 3.63) is 33.8 Å². The van der Waals surface area contributed by atoms with Crippen LogP contribution in [0.25, 0.3) is 0 Å². The van der Waals surface area contributed by atoms with E-state index in [1.165, 1.54) is 5.56 Å². The van der Waals surface area contributed by atoms with Gasteiger partial charge < -0.3 is 5.73 Å². The van der Waals surface area contributed by atoms with Gasteiger partial charge in [0.1, 0.15) is 0 Å². The van der Waals surface area contributed by atoms with Gasteiger partial charge in [0.2, 0.25) is 0 Å². The molecule has 2 nitrogen and oxygen atoms in total. The van der Waals surface area contributed by atoms with E-state index in [9.17, 15) is 0 Å². The minimum Gasteiger partial charge on any atom is -0.326 e. The summed E-state index contributed by atoms with van der Waals surface area (Å²) in [6, 6.07) is 6.27. The van der Waals surface area contributed by atoms with E-state index in [1.54, 1.807) is 0 Å². The second kappa shape index (κ2) is 4.92. The first-order valence-corrected chi connectivity index (χ1v) is 6.33. The monoisotopic (exact) mass is 258 g/mol. The summed E-state index contributed by atoms with van der Waals surface area (Å²) in [6.45, 7) is 4.23. The highest BCUT2D eigenvalue weighted by Gasteiger charge is 2.31. The Hall–Kier alpha value is -0.280. The molecule has 0 amide bonds. The van der Waals surface area contributed by atoms with Crippen LogP contribution < -0.4 is 5.73 Å². The Morgan fingerprint density at radius 2 is 2.12 bits per heavy atom. The summed E-state index contributed by atoms with van der Waals surface area (Å²) >= 11 is 12.0. The summed E-state index contributed by atoms with van der Waals surface area (Å²) < 4.78 is 0. The van der Waals surface area contributed by atoms with Crippen molar-refractivity contribution in [2.75, 3.05) is 13.1 Å². The molecule has 1 aromatic rings. The zero-order chi connectivity index (χ0) is 11.7. The maximum Gasteiger partial charge on any atom is 0.0595 e. The Labute approximate surface area is 106 Å². The number of likely N-dealkylation sites (tertiary alicyclic amines) is 1. The Kier molecular flexibility index (Phi) is 3.75. The molecule has 0 bridgehead atoms. The van der Waals surface area contributed by atoms with Crippen LogP contribution in [0.1, 0.15) is 24.9 Å². The Bertz CT molecular complexity index is 381. The van der Waals surface area contributed by atoms with Crippen molar-refractivity contribution in [1.29, 1.82) is 0 Å². The van der Waals surface area contributed by atoms with Crippen LogP contribution in [0.4, 0.5) is 0 Å². The molecule has 0 spiro atoms. The molecule has 16 heavy (non-hydrogen) atoms. The van der Waals surface area contributed by atoms with Gasteiger partial charge in [0.05, 0.1) is 10.0 Å². The molecule has 0 aromatic heterocycles. The zero-order valence-corrected chi connectivity index (χ0v) is 10.8. The fourth-order valence-corrected chi connectivity index (χ4v) is 2.70. The minimum absolute atomic E-state index is 0.192. The molecule has 2 atom stereocenters. The summed E-state index contributed by atoms with van der Waals surface area (Å²) in [5.74, 6) is 0. The number of nitrogens with zero attached hydrogens (tertiary/aromatic N) is 1. The van der Waals surface area contributed by atoms with Crippen LogP contribution in [-0.2, 0) is 0 Å². The molecular weight excluding hydrogens is 243 g/mol. The van der Waals surface area contributed by atoms with Crippen molar-refractivity contribution in [2.24, 2.45) is 5.73 Å². The van der Waals surface area contributed by atoms with E-state index >= 15 is 0 Å². The molecule has 4 heteroatoms. The lowest BCUT2D eigenvalue weighted by molar-refractivity contribution is 0.261. The van der Waals surface area contributed by atoms with E-state index in [-0.39, 0.29) is 12.1 Å². The first-order valence-electron chi connectivity index (χ1n) is 5.58. The summed E-state index contributed by atoms with van der Waals surface area (Å²) in [5.41, 5.74) is 7.32. The number of halogens is 2. The molecule has 2 unspecified atom stereocenters. The van der Waals surface area contributed by atoms with Crippen LogP contribution in [-0.4, -0.2) is 24.0 Å². The van der Waals surface area contributed by atoms with Crippen LogP contribution in [0.5, 0.6) is 0 Å². The third kappa shape index (κ3) is 2.21. The van der Waals surface area contributed by atoms with Gasteiger partial charge in [-0.15, -0.1) is 0 Å². The lowest BCUT2D eigenvalue weighted by atomic mass is 10.0. The van der Waals surface area contributed by atoms with Crippen LogP contribution in [0, 0.1) is 0 Å². The van der Waals surface area contributed by atoms with Gasteiger partial charge in [0, 0.05) is 18.6 Å². The Balaban J connectivity index is 2.31. The molecule has 2 rings (SSSR count). The van der Waals surface area contributed by atoms with Gasteiger partial charge in [-0.1, -0.05) is 36.2 Å². The number of hydrogen-bond donors (Lipinski definition) is 1. The molecule has 88 valence electrons. The lowest BCUT2D eigenvalue weighted by Crippen LogP contribution is -2.31. The first-order chi connectivity index (χ1) is 7.63. The predicted molar refractivity (Wildman–Crippen MR) is 69.0 cm³/mol. The fourth-order valence-electron chi connectivity index (χ4n) is 2.39. The molecular formula is C12H16Cl2N2. The van der Waals surface area contributed by atoms with Crippen LogP contribution in [0.2, 0.25) is 10.0 Å². The number of benzene rings is 1. The molecule has 0 aliphatic carbocycles. The lowest BCUT2D eigenvalue weighted by Gasteiger charge is -2.26. The minimum atomic E-state index is 0.192. The van der Waals surface area contributed by atoms with Gasteiger partial charge in [0.15, 0.2) is 0 Å². The largest absolute Gasteiger partial charge is 0.326 e. The van der Waals surface area contributed by atoms with Gasteiger partial charge in [-0.25, -0.2) is 0 Å². The van der Waals surface area contributed by atoms with E-state index in [0.717, 1.165) is 19.5 Å². The highest BCUT2D eigenvalue weighted by molar-refractivity contribution is 6.42. The van der Waals surface area contributed by atoms with Crippen molar-refractivity contribution >= 4 is 23.2 Å². The number of hydrogen-bond acceptors (Lipinski definition) is 2.